The maximum atomic E-state index is 11.9. The van der Waals surface area contributed by atoms with Crippen molar-refractivity contribution in [2.45, 2.75) is 104 Å². The Morgan fingerprint density at radius 3 is 1.08 bits per heavy atom. The Morgan fingerprint density at radius 2 is 0.848 bits per heavy atom. The third-order valence-corrected chi connectivity index (χ3v) is 9.56. The number of non-ortho nitro benzene ring substituents is 4. The van der Waals surface area contributed by atoms with Gasteiger partial charge in [0.15, 0.2) is 0 Å². The number of hydrogen-bond donors (Lipinski definition) is 2. The third-order valence-electron chi connectivity index (χ3n) is 9.34. The van der Waals surface area contributed by atoms with Crippen molar-refractivity contribution >= 4 is 57.5 Å². The van der Waals surface area contributed by atoms with Gasteiger partial charge in [-0.25, -0.2) is 4.79 Å². The fourth-order valence-corrected chi connectivity index (χ4v) is 5.76. The molecule has 6 rings (SSSR count). The lowest BCUT2D eigenvalue weighted by molar-refractivity contribution is -0.394. The number of aliphatic hydroxyl groups excluding tert-OH is 1. The van der Waals surface area contributed by atoms with Gasteiger partial charge in [-0.15, -0.1) is 26.3 Å². The molecule has 0 aromatic heterocycles. The number of benzene rings is 2. The summed E-state index contributed by atoms with van der Waals surface area (Å²) < 4.78 is 15.0. The molecule has 4 fully saturated rings. The fraction of sp³-hybridized carbons (Fsp3) is 0.455. The van der Waals surface area contributed by atoms with Gasteiger partial charge in [-0.2, -0.15) is 0 Å². The Hall–Kier alpha value is -6.71. The van der Waals surface area contributed by atoms with Crippen LogP contribution in [0.15, 0.2) is 87.0 Å². The quantitative estimate of drug-likeness (QED) is 0.0372. The standard InChI is InChI=1S/C13H12N2O6.2C8H12O2.C7H3ClN2O5.C6H10O.2CH4.H3N/c1-2-3-8-6-12(8)21-13(16)9-4-10(14(17)18)7-11(5-9)15(19)20;2*1-3-4-7-5-8(7)10-6(2)9;8-7(11)4-1-5(9(12)13)3-6(2-4)10(14)15;1-2-3-5-4-6(5)7;;;/h2,4-5,7-8,12H,1,3,6H2;2*3,7-8H,1,4-5H2,2H3;1-3H;2,5-7H,1,3-4H2;2*1H4;1H3/t8-,12-;2*7-,8-;;5-,6-;;;/m100.1.../s1. The van der Waals surface area contributed by atoms with Crippen LogP contribution in [0.1, 0.15) is 101 Å². The normalized spacial score (nSPS) is 21.3. The first kappa shape index (κ1) is 61.4. The molecule has 0 spiro atoms. The maximum Gasteiger partial charge on any atom is 0.338 e. The first-order valence-corrected chi connectivity index (χ1v) is 19.8. The minimum atomic E-state index is -0.984. The van der Waals surface area contributed by atoms with E-state index < -0.39 is 53.7 Å². The summed E-state index contributed by atoms with van der Waals surface area (Å²) >= 11 is 5.07. The fourth-order valence-electron chi connectivity index (χ4n) is 5.65. The van der Waals surface area contributed by atoms with E-state index in [0.717, 1.165) is 74.9 Å². The number of rotatable bonds is 17. The second-order valence-electron chi connectivity index (χ2n) is 14.7. The number of nitro benzene ring substituents is 4. The average Bonchev–Trinajstić information content (AvgIpc) is 4.10. The van der Waals surface area contributed by atoms with Crippen molar-refractivity contribution in [3.63, 3.8) is 0 Å². The number of aliphatic hydroxyl groups is 1. The van der Waals surface area contributed by atoms with Crippen LogP contribution >= 0.6 is 11.6 Å². The van der Waals surface area contributed by atoms with Crippen LogP contribution in [0.2, 0.25) is 0 Å². The molecule has 0 aliphatic heterocycles. The van der Waals surface area contributed by atoms with E-state index >= 15 is 0 Å². The Bertz CT molecular complexity index is 1930. The highest BCUT2D eigenvalue weighted by Gasteiger charge is 2.41. The van der Waals surface area contributed by atoms with Gasteiger partial charge in [0.25, 0.3) is 28.0 Å². The number of nitro groups is 4. The molecule has 4 N–H and O–H groups in total. The predicted octanol–water partition coefficient (Wildman–Crippen LogP) is 9.91. The Labute approximate surface area is 387 Å². The zero-order valence-electron chi connectivity index (χ0n) is 35.3. The Kier molecular flexibility index (Phi) is 27.6. The number of esters is 3. The van der Waals surface area contributed by atoms with E-state index in [9.17, 15) is 59.6 Å². The average molecular weight is 950 g/mol. The second-order valence-corrected chi connectivity index (χ2v) is 15.0. The molecule has 4 saturated carbocycles. The van der Waals surface area contributed by atoms with Gasteiger partial charge in [-0.1, -0.05) is 39.2 Å². The van der Waals surface area contributed by atoms with Crippen molar-refractivity contribution in [1.82, 2.24) is 6.15 Å². The number of nitrogens with zero attached hydrogens (tertiary/aromatic N) is 4. The summed E-state index contributed by atoms with van der Waals surface area (Å²) in [7, 11) is 0. The summed E-state index contributed by atoms with van der Waals surface area (Å²) in [4.78, 5) is 82.4. The van der Waals surface area contributed by atoms with E-state index in [1.807, 2.05) is 18.2 Å². The van der Waals surface area contributed by atoms with E-state index in [1.54, 1.807) is 6.08 Å². The number of carbonyl (C=O) groups is 4. The van der Waals surface area contributed by atoms with Gasteiger partial charge in [0.2, 0.25) is 0 Å². The number of allylic oxidation sites excluding steroid dienone is 4. The molecular weight excluding hydrogens is 890 g/mol. The van der Waals surface area contributed by atoms with Gasteiger partial charge in [0.05, 0.1) is 43.5 Å². The van der Waals surface area contributed by atoms with Crippen LogP contribution in [0.5, 0.6) is 0 Å². The molecule has 66 heavy (non-hydrogen) atoms. The lowest BCUT2D eigenvalue weighted by atomic mass is 10.2. The summed E-state index contributed by atoms with van der Waals surface area (Å²) in [6, 6.07) is 5.25. The second kappa shape index (κ2) is 29.7. The zero-order valence-corrected chi connectivity index (χ0v) is 36.1. The van der Waals surface area contributed by atoms with Gasteiger partial charge < -0.3 is 25.5 Å². The summed E-state index contributed by atoms with van der Waals surface area (Å²) in [6.07, 6.45) is 14.8. The molecule has 2 aromatic rings. The molecule has 364 valence electrons. The molecule has 2 aromatic carbocycles. The van der Waals surface area contributed by atoms with Gasteiger partial charge in [0.1, 0.15) is 18.3 Å². The lowest BCUT2D eigenvalue weighted by Crippen LogP contribution is -2.09. The van der Waals surface area contributed by atoms with Crippen molar-refractivity contribution in [1.29, 1.82) is 0 Å². The summed E-state index contributed by atoms with van der Waals surface area (Å²) in [5.74, 6) is 0.743. The molecule has 0 unspecified atom stereocenters. The highest BCUT2D eigenvalue weighted by molar-refractivity contribution is 6.67. The van der Waals surface area contributed by atoms with Gasteiger partial charge in [-0.3, -0.25) is 54.8 Å². The molecule has 4 aliphatic carbocycles. The van der Waals surface area contributed by atoms with Crippen LogP contribution in [0.3, 0.4) is 0 Å². The Morgan fingerprint density at radius 1 is 0.576 bits per heavy atom. The van der Waals surface area contributed by atoms with Crippen molar-refractivity contribution in [3.05, 3.63) is 139 Å². The number of ether oxygens (including phenoxy) is 3. The van der Waals surface area contributed by atoms with Gasteiger partial charge in [-0.05, 0) is 68.9 Å². The lowest BCUT2D eigenvalue weighted by Gasteiger charge is -2.04. The zero-order chi connectivity index (χ0) is 47.6. The molecule has 8 atom stereocenters. The smallest absolute Gasteiger partial charge is 0.338 e. The first-order valence-electron chi connectivity index (χ1n) is 19.4. The molecule has 4 aliphatic rings. The van der Waals surface area contributed by atoms with Crippen LogP contribution < -0.4 is 6.15 Å². The molecule has 21 nitrogen and oxygen atoms in total. The van der Waals surface area contributed by atoms with Crippen LogP contribution in [0.25, 0.3) is 0 Å². The van der Waals surface area contributed by atoms with E-state index in [1.165, 1.54) is 13.8 Å². The van der Waals surface area contributed by atoms with E-state index in [4.69, 9.17) is 30.9 Å². The minimum Gasteiger partial charge on any atom is -0.462 e. The van der Waals surface area contributed by atoms with Crippen molar-refractivity contribution in [2.24, 2.45) is 23.7 Å². The van der Waals surface area contributed by atoms with Crippen LogP contribution in [-0.2, 0) is 23.8 Å². The van der Waals surface area contributed by atoms with Crippen molar-refractivity contribution < 1.29 is 58.2 Å². The van der Waals surface area contributed by atoms with Gasteiger partial charge in [0, 0.05) is 61.4 Å². The number of hydrogen-bond acceptors (Lipinski definition) is 17. The highest BCUT2D eigenvalue weighted by atomic mass is 35.5. The topological polar surface area (TPSA) is 324 Å². The Balaban J connectivity index is 0. The highest BCUT2D eigenvalue weighted by Crippen LogP contribution is 2.39. The van der Waals surface area contributed by atoms with Crippen LogP contribution in [0, 0.1) is 64.1 Å². The summed E-state index contributed by atoms with van der Waals surface area (Å²) in [5.41, 5.74) is -2.61. The van der Waals surface area contributed by atoms with E-state index in [2.05, 4.69) is 26.3 Å². The van der Waals surface area contributed by atoms with E-state index in [-0.39, 0.29) is 74.4 Å². The predicted molar refractivity (Wildman–Crippen MR) is 246 cm³/mol. The molecule has 0 bridgehead atoms. The molecule has 22 heteroatoms. The van der Waals surface area contributed by atoms with Crippen molar-refractivity contribution in [2.75, 3.05) is 0 Å². The van der Waals surface area contributed by atoms with Crippen LogP contribution in [0.4, 0.5) is 22.7 Å². The molecular formula is C44H60ClN5O16. The molecule has 0 amide bonds. The monoisotopic (exact) mass is 949 g/mol. The summed E-state index contributed by atoms with van der Waals surface area (Å²) in [6.45, 7) is 17.3. The SMILES string of the molecule is C.C.C=CC[C@@H]1C[C@H]1O.C=CC[C@@H]1C[C@H]1OC(=O)c1cc([N+](=O)[O-])cc([N+](=O)[O-])c1.C=CC[C@H]1C[C@@H]1OC(C)=O.C=CC[C@H]1C[C@@H]1OC(C)=O.N.O=C(Cl)c1cc([N+](=O)[O-])cc([N+](=O)[O-])c1. The molecule has 0 heterocycles. The minimum absolute atomic E-state index is 0. The van der Waals surface area contributed by atoms with Crippen LogP contribution in [-0.4, -0.2) is 72.4 Å². The number of carbonyl (C=O) groups excluding carboxylic acids is 4. The largest absolute Gasteiger partial charge is 0.462 e. The molecule has 0 radical (unpaired) electrons. The number of halogens is 1. The molecule has 0 saturated heterocycles. The summed E-state index contributed by atoms with van der Waals surface area (Å²) in [5, 5.41) is 50.0. The van der Waals surface area contributed by atoms with Crippen molar-refractivity contribution in [3.8, 4) is 0 Å². The third kappa shape index (κ3) is 22.8. The maximum absolute atomic E-state index is 11.9. The van der Waals surface area contributed by atoms with Gasteiger partial charge >= 0.3 is 17.9 Å². The van der Waals surface area contributed by atoms with E-state index in [0.29, 0.717) is 30.6 Å². The first-order chi connectivity index (χ1) is 29.6.